The van der Waals surface area contributed by atoms with Crippen molar-refractivity contribution in [1.29, 1.82) is 0 Å². The summed E-state index contributed by atoms with van der Waals surface area (Å²) in [6, 6.07) is 8.89. The van der Waals surface area contributed by atoms with E-state index in [1.807, 2.05) is 0 Å². The molecule has 88 valence electrons. The molecule has 1 aromatic carbocycles. The molecule has 0 aromatic heterocycles. The van der Waals surface area contributed by atoms with Gasteiger partial charge in [0, 0.05) is 18.8 Å². The largest absolute Gasteiger partial charge is 0.372 e. The van der Waals surface area contributed by atoms with Crippen molar-refractivity contribution >= 4 is 5.69 Å². The molecule has 0 amide bonds. The summed E-state index contributed by atoms with van der Waals surface area (Å²) in [6.45, 7) is 5.50. The number of nitrogens with two attached hydrogens (primary N) is 1. The molecular weight excluding hydrogens is 196 g/mol. The van der Waals surface area contributed by atoms with Gasteiger partial charge in [-0.3, -0.25) is 0 Å². The Morgan fingerprint density at radius 3 is 2.38 bits per heavy atom. The lowest BCUT2D eigenvalue weighted by Crippen LogP contribution is -2.32. The normalized spacial score (nSPS) is 17.8. The Balaban J connectivity index is 1.98. The molecule has 0 atom stereocenters. The minimum atomic E-state index is 0.737. The third kappa shape index (κ3) is 2.76. The summed E-state index contributed by atoms with van der Waals surface area (Å²) >= 11 is 0. The van der Waals surface area contributed by atoms with Gasteiger partial charge in [-0.1, -0.05) is 19.1 Å². The molecule has 2 N–H and O–H groups in total. The van der Waals surface area contributed by atoms with Crippen LogP contribution in [0.15, 0.2) is 24.3 Å². The lowest BCUT2D eigenvalue weighted by Gasteiger charge is -2.32. The van der Waals surface area contributed by atoms with E-state index in [-0.39, 0.29) is 0 Å². The number of piperidine rings is 1. The SMILES string of the molecule is CC1CCN(c2ccc(CCN)cc2)CC1. The predicted octanol–water partition coefficient (Wildman–Crippen LogP) is 2.42. The van der Waals surface area contributed by atoms with Crippen LogP contribution >= 0.6 is 0 Å². The summed E-state index contributed by atoms with van der Waals surface area (Å²) in [4.78, 5) is 2.49. The van der Waals surface area contributed by atoms with Crippen molar-refractivity contribution in [2.45, 2.75) is 26.2 Å². The third-order valence-electron chi connectivity index (χ3n) is 3.52. The molecule has 1 saturated heterocycles. The third-order valence-corrected chi connectivity index (χ3v) is 3.52. The van der Waals surface area contributed by atoms with E-state index in [1.165, 1.54) is 37.2 Å². The van der Waals surface area contributed by atoms with Crippen molar-refractivity contribution in [3.05, 3.63) is 29.8 Å². The maximum atomic E-state index is 5.55. The van der Waals surface area contributed by atoms with Crippen molar-refractivity contribution in [3.8, 4) is 0 Å². The van der Waals surface area contributed by atoms with Gasteiger partial charge in [-0.25, -0.2) is 0 Å². The fraction of sp³-hybridized carbons (Fsp3) is 0.571. The van der Waals surface area contributed by atoms with E-state index in [9.17, 15) is 0 Å². The number of anilines is 1. The number of benzene rings is 1. The van der Waals surface area contributed by atoms with E-state index in [2.05, 4.69) is 36.1 Å². The molecule has 0 saturated carbocycles. The molecule has 0 bridgehead atoms. The van der Waals surface area contributed by atoms with Gasteiger partial charge < -0.3 is 10.6 Å². The summed E-state index contributed by atoms with van der Waals surface area (Å²) < 4.78 is 0. The Morgan fingerprint density at radius 2 is 1.81 bits per heavy atom. The zero-order chi connectivity index (χ0) is 11.4. The van der Waals surface area contributed by atoms with E-state index >= 15 is 0 Å². The van der Waals surface area contributed by atoms with Crippen LogP contribution in [0.4, 0.5) is 5.69 Å². The molecule has 2 rings (SSSR count). The average molecular weight is 218 g/mol. The van der Waals surface area contributed by atoms with Gasteiger partial charge in [-0.15, -0.1) is 0 Å². The molecule has 0 aliphatic carbocycles. The van der Waals surface area contributed by atoms with Crippen LogP contribution in [-0.2, 0) is 6.42 Å². The van der Waals surface area contributed by atoms with Gasteiger partial charge in [0.05, 0.1) is 0 Å². The van der Waals surface area contributed by atoms with E-state index < -0.39 is 0 Å². The first-order valence-electron chi connectivity index (χ1n) is 6.33. The molecule has 2 nitrogen and oxygen atoms in total. The van der Waals surface area contributed by atoms with Crippen molar-refractivity contribution in [1.82, 2.24) is 0 Å². The molecule has 1 aromatic rings. The summed E-state index contributed by atoms with van der Waals surface area (Å²) in [5, 5.41) is 0. The molecule has 2 heteroatoms. The zero-order valence-electron chi connectivity index (χ0n) is 10.2. The minimum Gasteiger partial charge on any atom is -0.372 e. The summed E-state index contributed by atoms with van der Waals surface area (Å²) in [5.74, 6) is 0.896. The van der Waals surface area contributed by atoms with Crippen LogP contribution < -0.4 is 10.6 Å². The molecular formula is C14H22N2. The van der Waals surface area contributed by atoms with Gasteiger partial charge in [0.2, 0.25) is 0 Å². The van der Waals surface area contributed by atoms with E-state index in [0.717, 1.165) is 18.9 Å². The first-order valence-corrected chi connectivity index (χ1v) is 6.33. The molecule has 0 spiro atoms. The topological polar surface area (TPSA) is 29.3 Å². The summed E-state index contributed by atoms with van der Waals surface area (Å²) in [6.07, 6.45) is 3.63. The number of rotatable bonds is 3. The molecule has 16 heavy (non-hydrogen) atoms. The van der Waals surface area contributed by atoms with Gasteiger partial charge in [0.1, 0.15) is 0 Å². The van der Waals surface area contributed by atoms with Gasteiger partial charge in [-0.2, -0.15) is 0 Å². The van der Waals surface area contributed by atoms with Crippen molar-refractivity contribution in [3.63, 3.8) is 0 Å². The smallest absolute Gasteiger partial charge is 0.0366 e. The van der Waals surface area contributed by atoms with Gasteiger partial charge in [-0.05, 0) is 49.4 Å². The van der Waals surface area contributed by atoms with Gasteiger partial charge in [0.15, 0.2) is 0 Å². The number of hydrogen-bond acceptors (Lipinski definition) is 2. The fourth-order valence-corrected chi connectivity index (χ4v) is 2.31. The van der Waals surface area contributed by atoms with Crippen LogP contribution in [0.25, 0.3) is 0 Å². The Labute approximate surface area is 98.4 Å². The van der Waals surface area contributed by atoms with Crippen LogP contribution in [0.1, 0.15) is 25.3 Å². The predicted molar refractivity (Wildman–Crippen MR) is 69.8 cm³/mol. The second-order valence-corrected chi connectivity index (χ2v) is 4.87. The highest BCUT2D eigenvalue weighted by molar-refractivity contribution is 5.48. The van der Waals surface area contributed by atoms with Crippen LogP contribution in [0.2, 0.25) is 0 Å². The van der Waals surface area contributed by atoms with Gasteiger partial charge in [0.25, 0.3) is 0 Å². The highest BCUT2D eigenvalue weighted by Crippen LogP contribution is 2.23. The van der Waals surface area contributed by atoms with E-state index in [4.69, 9.17) is 5.73 Å². The maximum Gasteiger partial charge on any atom is 0.0366 e. The minimum absolute atomic E-state index is 0.737. The lowest BCUT2D eigenvalue weighted by molar-refractivity contribution is 0.438. The van der Waals surface area contributed by atoms with E-state index in [0.29, 0.717) is 0 Å². The molecule has 1 heterocycles. The van der Waals surface area contributed by atoms with Crippen molar-refractivity contribution in [2.24, 2.45) is 11.7 Å². The Bertz CT molecular complexity index is 310. The van der Waals surface area contributed by atoms with Crippen molar-refractivity contribution in [2.75, 3.05) is 24.5 Å². The molecule has 0 unspecified atom stereocenters. The van der Waals surface area contributed by atoms with Crippen LogP contribution in [0.3, 0.4) is 0 Å². The second kappa shape index (κ2) is 5.35. The van der Waals surface area contributed by atoms with Crippen LogP contribution in [0.5, 0.6) is 0 Å². The molecule has 1 aliphatic rings. The Hall–Kier alpha value is -1.02. The average Bonchev–Trinajstić information content (AvgIpc) is 2.32. The quantitative estimate of drug-likeness (QED) is 0.844. The first kappa shape index (κ1) is 11.5. The van der Waals surface area contributed by atoms with Crippen molar-refractivity contribution < 1.29 is 0 Å². The Morgan fingerprint density at radius 1 is 1.19 bits per heavy atom. The van der Waals surface area contributed by atoms with Crippen LogP contribution in [-0.4, -0.2) is 19.6 Å². The second-order valence-electron chi connectivity index (χ2n) is 4.87. The standard InChI is InChI=1S/C14H22N2/c1-12-7-10-16(11-8-12)14-4-2-13(3-5-14)6-9-15/h2-5,12H,6-11,15H2,1H3. The highest BCUT2D eigenvalue weighted by atomic mass is 15.1. The number of nitrogens with zero attached hydrogens (tertiary/aromatic N) is 1. The number of hydrogen-bond donors (Lipinski definition) is 1. The lowest BCUT2D eigenvalue weighted by atomic mass is 9.98. The molecule has 0 radical (unpaired) electrons. The van der Waals surface area contributed by atoms with E-state index in [1.54, 1.807) is 0 Å². The molecule has 1 fully saturated rings. The first-order chi connectivity index (χ1) is 7.79. The summed E-state index contributed by atoms with van der Waals surface area (Å²) in [7, 11) is 0. The summed E-state index contributed by atoms with van der Waals surface area (Å²) in [5.41, 5.74) is 8.26. The fourth-order valence-electron chi connectivity index (χ4n) is 2.31. The maximum absolute atomic E-state index is 5.55. The zero-order valence-corrected chi connectivity index (χ0v) is 10.2. The molecule has 1 aliphatic heterocycles. The van der Waals surface area contributed by atoms with Crippen LogP contribution in [0, 0.1) is 5.92 Å². The monoisotopic (exact) mass is 218 g/mol. The van der Waals surface area contributed by atoms with Gasteiger partial charge >= 0.3 is 0 Å². The highest BCUT2D eigenvalue weighted by Gasteiger charge is 2.15. The Kier molecular flexibility index (Phi) is 3.83.